The molecule has 1 heterocycles. The van der Waals surface area contributed by atoms with Gasteiger partial charge in [-0.15, -0.1) is 5.10 Å². The van der Waals surface area contributed by atoms with Crippen molar-refractivity contribution in [3.8, 4) is 16.9 Å². The molecule has 0 atom stereocenters. The van der Waals surface area contributed by atoms with Crippen LogP contribution in [0.25, 0.3) is 16.9 Å². The Kier molecular flexibility index (Phi) is 3.65. The zero-order valence-electron chi connectivity index (χ0n) is 11.7. The Hall–Kier alpha value is -2.66. The second kappa shape index (κ2) is 5.61. The summed E-state index contributed by atoms with van der Waals surface area (Å²) in [6, 6.07) is 12.2. The predicted octanol–water partition coefficient (Wildman–Crippen LogP) is 3.59. The third kappa shape index (κ3) is 2.58. The van der Waals surface area contributed by atoms with Crippen LogP contribution < -0.4 is 0 Å². The van der Waals surface area contributed by atoms with Crippen LogP contribution in [0.15, 0.2) is 48.7 Å². The number of carboxylic acids is 1. The molecule has 0 saturated heterocycles. The number of carbonyl (C=O) groups is 1. The number of halogens is 1. The van der Waals surface area contributed by atoms with E-state index in [-0.39, 0.29) is 5.56 Å². The Morgan fingerprint density at radius 2 is 1.91 bits per heavy atom. The maximum absolute atomic E-state index is 10.9. The summed E-state index contributed by atoms with van der Waals surface area (Å²) in [6.07, 6.45) is 1.66. The molecule has 110 valence electrons. The molecule has 0 saturated carbocycles. The SMILES string of the molecule is Cc1cc(-c2cnnn2-c2ccc(C(=O)O)cc2)ccc1Cl. The highest BCUT2D eigenvalue weighted by molar-refractivity contribution is 6.31. The van der Waals surface area contributed by atoms with Crippen molar-refractivity contribution < 1.29 is 9.90 Å². The fourth-order valence-corrected chi connectivity index (χ4v) is 2.29. The summed E-state index contributed by atoms with van der Waals surface area (Å²) in [4.78, 5) is 10.9. The first kappa shape index (κ1) is 14.3. The summed E-state index contributed by atoms with van der Waals surface area (Å²) in [5.41, 5.74) is 3.68. The summed E-state index contributed by atoms with van der Waals surface area (Å²) in [7, 11) is 0. The topological polar surface area (TPSA) is 68.0 Å². The highest BCUT2D eigenvalue weighted by atomic mass is 35.5. The maximum Gasteiger partial charge on any atom is 0.335 e. The summed E-state index contributed by atoms with van der Waals surface area (Å²) >= 11 is 6.05. The van der Waals surface area contributed by atoms with Crippen molar-refractivity contribution >= 4 is 17.6 Å². The third-order valence-corrected chi connectivity index (χ3v) is 3.79. The van der Waals surface area contributed by atoms with E-state index in [0.29, 0.717) is 5.02 Å². The van der Waals surface area contributed by atoms with E-state index in [4.69, 9.17) is 16.7 Å². The van der Waals surface area contributed by atoms with E-state index in [2.05, 4.69) is 10.3 Å². The summed E-state index contributed by atoms with van der Waals surface area (Å²) in [6.45, 7) is 1.93. The van der Waals surface area contributed by atoms with Crippen LogP contribution in [0.5, 0.6) is 0 Å². The monoisotopic (exact) mass is 313 g/mol. The van der Waals surface area contributed by atoms with Gasteiger partial charge in [-0.05, 0) is 48.9 Å². The van der Waals surface area contributed by atoms with Crippen molar-refractivity contribution in [2.45, 2.75) is 6.92 Å². The second-order valence-corrected chi connectivity index (χ2v) is 5.25. The standard InChI is InChI=1S/C16H12ClN3O2/c1-10-8-12(4-7-14(10)17)15-9-18-19-20(15)13-5-2-11(3-6-13)16(21)22/h2-9H,1H3,(H,21,22). The van der Waals surface area contributed by atoms with E-state index in [1.165, 1.54) is 12.1 Å². The minimum Gasteiger partial charge on any atom is -0.478 e. The third-order valence-electron chi connectivity index (χ3n) is 3.36. The van der Waals surface area contributed by atoms with Crippen molar-refractivity contribution in [3.05, 3.63) is 64.8 Å². The lowest BCUT2D eigenvalue weighted by Crippen LogP contribution is -2.01. The Balaban J connectivity index is 2.04. The van der Waals surface area contributed by atoms with E-state index in [1.807, 2.05) is 25.1 Å². The highest BCUT2D eigenvalue weighted by Crippen LogP contribution is 2.25. The van der Waals surface area contributed by atoms with Gasteiger partial charge in [-0.1, -0.05) is 22.9 Å². The van der Waals surface area contributed by atoms with Gasteiger partial charge >= 0.3 is 5.97 Å². The number of carboxylic acid groups (broad SMARTS) is 1. The predicted molar refractivity (Wildman–Crippen MR) is 83.5 cm³/mol. The van der Waals surface area contributed by atoms with Gasteiger partial charge in [0.1, 0.15) is 0 Å². The normalized spacial score (nSPS) is 10.6. The van der Waals surface area contributed by atoms with E-state index < -0.39 is 5.97 Å². The number of hydrogen-bond donors (Lipinski definition) is 1. The zero-order chi connectivity index (χ0) is 15.7. The fraction of sp³-hybridized carbons (Fsp3) is 0.0625. The van der Waals surface area contributed by atoms with E-state index in [9.17, 15) is 4.79 Å². The average molecular weight is 314 g/mol. The molecule has 0 radical (unpaired) electrons. The van der Waals surface area contributed by atoms with E-state index in [1.54, 1.807) is 23.0 Å². The first-order valence-corrected chi connectivity index (χ1v) is 6.95. The van der Waals surface area contributed by atoms with Gasteiger partial charge in [0.05, 0.1) is 23.1 Å². The lowest BCUT2D eigenvalue weighted by atomic mass is 10.1. The number of aromatic nitrogens is 3. The van der Waals surface area contributed by atoms with Gasteiger partial charge in [0.15, 0.2) is 0 Å². The van der Waals surface area contributed by atoms with Crippen molar-refractivity contribution in [2.75, 3.05) is 0 Å². The molecule has 0 amide bonds. The van der Waals surface area contributed by atoms with E-state index >= 15 is 0 Å². The van der Waals surface area contributed by atoms with Crippen molar-refractivity contribution in [1.29, 1.82) is 0 Å². The van der Waals surface area contributed by atoms with Gasteiger partial charge in [-0.2, -0.15) is 0 Å². The van der Waals surface area contributed by atoms with Crippen molar-refractivity contribution in [3.63, 3.8) is 0 Å². The van der Waals surface area contributed by atoms with Crippen LogP contribution >= 0.6 is 11.6 Å². The molecule has 0 aliphatic rings. The molecule has 0 bridgehead atoms. The smallest absolute Gasteiger partial charge is 0.335 e. The molecule has 0 unspecified atom stereocenters. The molecular formula is C16H12ClN3O2. The van der Waals surface area contributed by atoms with Crippen LogP contribution in [0.4, 0.5) is 0 Å². The first-order chi connectivity index (χ1) is 10.6. The average Bonchev–Trinajstić information content (AvgIpc) is 2.99. The Morgan fingerprint density at radius 3 is 2.55 bits per heavy atom. The van der Waals surface area contributed by atoms with Gasteiger partial charge < -0.3 is 5.11 Å². The molecule has 0 fully saturated rings. The summed E-state index contributed by atoms with van der Waals surface area (Å²) in [5, 5.41) is 17.7. The number of aromatic carboxylic acids is 1. The van der Waals surface area contributed by atoms with E-state index in [0.717, 1.165) is 22.5 Å². The molecule has 3 rings (SSSR count). The summed E-state index contributed by atoms with van der Waals surface area (Å²) < 4.78 is 1.66. The van der Waals surface area contributed by atoms with Crippen LogP contribution in [0.3, 0.4) is 0 Å². The van der Waals surface area contributed by atoms with Gasteiger partial charge in [0.25, 0.3) is 0 Å². The zero-order valence-corrected chi connectivity index (χ0v) is 12.4. The quantitative estimate of drug-likeness (QED) is 0.802. The van der Waals surface area contributed by atoms with Crippen LogP contribution in [0, 0.1) is 6.92 Å². The fourth-order valence-electron chi connectivity index (χ4n) is 2.17. The van der Waals surface area contributed by atoms with Gasteiger partial charge in [0, 0.05) is 10.6 Å². The Labute approximate surface area is 131 Å². The number of rotatable bonds is 3. The van der Waals surface area contributed by atoms with Gasteiger partial charge in [0.2, 0.25) is 0 Å². The molecule has 0 spiro atoms. The largest absolute Gasteiger partial charge is 0.478 e. The second-order valence-electron chi connectivity index (χ2n) is 4.85. The molecule has 1 N–H and O–H groups in total. The number of benzene rings is 2. The molecule has 5 nitrogen and oxygen atoms in total. The van der Waals surface area contributed by atoms with Crippen molar-refractivity contribution in [1.82, 2.24) is 15.0 Å². The number of hydrogen-bond acceptors (Lipinski definition) is 3. The number of aryl methyl sites for hydroxylation is 1. The Morgan fingerprint density at radius 1 is 1.18 bits per heavy atom. The molecule has 0 aliphatic heterocycles. The molecule has 2 aromatic carbocycles. The minimum absolute atomic E-state index is 0.229. The maximum atomic E-state index is 10.9. The van der Waals surface area contributed by atoms with Gasteiger partial charge in [-0.25, -0.2) is 9.48 Å². The molecular weight excluding hydrogens is 302 g/mol. The molecule has 6 heteroatoms. The van der Waals surface area contributed by atoms with Crippen LogP contribution in [-0.4, -0.2) is 26.1 Å². The molecule has 1 aromatic heterocycles. The van der Waals surface area contributed by atoms with Crippen LogP contribution in [0.1, 0.15) is 15.9 Å². The lowest BCUT2D eigenvalue weighted by Gasteiger charge is -2.08. The van der Waals surface area contributed by atoms with Crippen LogP contribution in [-0.2, 0) is 0 Å². The number of nitrogens with zero attached hydrogens (tertiary/aromatic N) is 3. The Bertz CT molecular complexity index is 841. The first-order valence-electron chi connectivity index (χ1n) is 6.57. The summed E-state index contributed by atoms with van der Waals surface area (Å²) in [5.74, 6) is -0.960. The minimum atomic E-state index is -0.960. The highest BCUT2D eigenvalue weighted by Gasteiger charge is 2.10. The molecule has 22 heavy (non-hydrogen) atoms. The molecule has 3 aromatic rings. The van der Waals surface area contributed by atoms with Crippen molar-refractivity contribution in [2.24, 2.45) is 0 Å². The lowest BCUT2D eigenvalue weighted by molar-refractivity contribution is 0.0697. The molecule has 0 aliphatic carbocycles. The van der Waals surface area contributed by atoms with Gasteiger partial charge in [-0.3, -0.25) is 0 Å². The van der Waals surface area contributed by atoms with Crippen LogP contribution in [0.2, 0.25) is 5.02 Å².